The summed E-state index contributed by atoms with van der Waals surface area (Å²) in [4.78, 5) is 36.2. The van der Waals surface area contributed by atoms with Gasteiger partial charge < -0.3 is 10.6 Å². The van der Waals surface area contributed by atoms with Crippen LogP contribution in [0.1, 0.15) is 12.5 Å². The molecular formula is C13H15N5O3. The highest BCUT2D eigenvalue weighted by Crippen LogP contribution is 1.99. The first-order chi connectivity index (χ1) is 10.1. The van der Waals surface area contributed by atoms with Gasteiger partial charge in [-0.3, -0.25) is 14.6 Å². The summed E-state index contributed by atoms with van der Waals surface area (Å²) in [6, 6.07) is 8.77. The summed E-state index contributed by atoms with van der Waals surface area (Å²) in [5, 5.41) is 11.0. The molecule has 0 aliphatic carbocycles. The number of benzene rings is 1. The lowest BCUT2D eigenvalue weighted by atomic mass is 10.2. The Morgan fingerprint density at radius 1 is 1.29 bits per heavy atom. The smallest absolute Gasteiger partial charge is 0.342 e. The number of aromatic amines is 2. The van der Waals surface area contributed by atoms with Gasteiger partial charge in [0.15, 0.2) is 0 Å². The van der Waals surface area contributed by atoms with Crippen molar-refractivity contribution in [2.45, 2.75) is 19.5 Å². The van der Waals surface area contributed by atoms with Crippen molar-refractivity contribution in [1.82, 2.24) is 20.5 Å². The number of amides is 1. The number of carbonyl (C=O) groups is 1. The number of anilines is 1. The van der Waals surface area contributed by atoms with Gasteiger partial charge in [-0.05, 0) is 12.5 Å². The highest BCUT2D eigenvalue weighted by molar-refractivity contribution is 5.83. The Morgan fingerprint density at radius 2 is 2.00 bits per heavy atom. The lowest BCUT2D eigenvalue weighted by molar-refractivity contribution is -0.121. The van der Waals surface area contributed by atoms with Crippen LogP contribution in [-0.4, -0.2) is 27.1 Å². The summed E-state index contributed by atoms with van der Waals surface area (Å²) in [5.41, 5.74) is -0.411. The second-order valence-corrected chi connectivity index (χ2v) is 4.42. The molecule has 0 spiro atoms. The number of hydrogen-bond acceptors (Lipinski definition) is 5. The molecule has 2 aromatic rings. The highest BCUT2D eigenvalue weighted by Gasteiger charge is 2.14. The van der Waals surface area contributed by atoms with Gasteiger partial charge in [-0.1, -0.05) is 30.3 Å². The minimum absolute atomic E-state index is 0.114. The molecule has 2 rings (SSSR count). The van der Waals surface area contributed by atoms with E-state index < -0.39 is 17.3 Å². The Bertz CT molecular complexity index is 722. The fourth-order valence-electron chi connectivity index (χ4n) is 1.65. The highest BCUT2D eigenvalue weighted by atomic mass is 16.2. The van der Waals surface area contributed by atoms with Crippen molar-refractivity contribution in [3.8, 4) is 0 Å². The normalized spacial score (nSPS) is 11.7. The molecule has 0 aliphatic heterocycles. The van der Waals surface area contributed by atoms with Crippen molar-refractivity contribution in [2.75, 3.05) is 5.32 Å². The molecule has 8 heteroatoms. The van der Waals surface area contributed by atoms with Crippen molar-refractivity contribution in [1.29, 1.82) is 0 Å². The molecule has 0 bridgehead atoms. The van der Waals surface area contributed by atoms with Crippen LogP contribution < -0.4 is 21.9 Å². The molecule has 1 atom stereocenters. The second-order valence-electron chi connectivity index (χ2n) is 4.42. The van der Waals surface area contributed by atoms with E-state index in [1.807, 2.05) is 35.3 Å². The number of nitrogens with one attached hydrogen (secondary N) is 4. The van der Waals surface area contributed by atoms with Crippen LogP contribution in [0.5, 0.6) is 0 Å². The van der Waals surface area contributed by atoms with Crippen LogP contribution in [0.15, 0.2) is 39.9 Å². The molecule has 1 heterocycles. The Labute approximate surface area is 119 Å². The quantitative estimate of drug-likeness (QED) is 0.595. The van der Waals surface area contributed by atoms with Crippen LogP contribution >= 0.6 is 0 Å². The van der Waals surface area contributed by atoms with E-state index >= 15 is 0 Å². The van der Waals surface area contributed by atoms with Gasteiger partial charge in [-0.2, -0.15) is 0 Å². The first-order valence-electron chi connectivity index (χ1n) is 6.33. The van der Waals surface area contributed by atoms with E-state index in [-0.39, 0.29) is 11.7 Å². The minimum atomic E-state index is -0.702. The summed E-state index contributed by atoms with van der Waals surface area (Å²) in [5.74, 6) is -0.400. The van der Waals surface area contributed by atoms with Crippen molar-refractivity contribution >= 4 is 11.7 Å². The van der Waals surface area contributed by atoms with Crippen molar-refractivity contribution < 1.29 is 4.79 Å². The van der Waals surface area contributed by atoms with E-state index in [2.05, 4.69) is 20.8 Å². The van der Waals surface area contributed by atoms with Gasteiger partial charge in [0.1, 0.15) is 6.04 Å². The Morgan fingerprint density at radius 3 is 2.67 bits per heavy atom. The van der Waals surface area contributed by atoms with Gasteiger partial charge in [0.25, 0.3) is 5.56 Å². The summed E-state index contributed by atoms with van der Waals surface area (Å²) < 4.78 is 0. The van der Waals surface area contributed by atoms with Crippen LogP contribution in [0.3, 0.4) is 0 Å². The molecule has 4 N–H and O–H groups in total. The molecular weight excluding hydrogens is 274 g/mol. The number of H-pyrrole nitrogens is 2. The fraction of sp³-hybridized carbons (Fsp3) is 0.231. The molecule has 1 aromatic carbocycles. The zero-order chi connectivity index (χ0) is 15.2. The predicted molar refractivity (Wildman–Crippen MR) is 76.9 cm³/mol. The molecule has 8 nitrogen and oxygen atoms in total. The third-order valence-corrected chi connectivity index (χ3v) is 2.77. The Kier molecular flexibility index (Phi) is 4.50. The number of rotatable bonds is 5. The zero-order valence-electron chi connectivity index (χ0n) is 11.3. The molecule has 0 fully saturated rings. The summed E-state index contributed by atoms with van der Waals surface area (Å²) >= 11 is 0. The molecule has 1 amide bonds. The topological polar surface area (TPSA) is 120 Å². The lowest BCUT2D eigenvalue weighted by Gasteiger charge is -2.13. The third kappa shape index (κ3) is 4.03. The molecule has 110 valence electrons. The van der Waals surface area contributed by atoms with Crippen LogP contribution in [0.4, 0.5) is 5.82 Å². The van der Waals surface area contributed by atoms with Crippen molar-refractivity contribution in [2.24, 2.45) is 0 Å². The SMILES string of the molecule is CC(Nc1n[nH]c(=O)[nH]c1=O)C(=O)NCc1ccccc1. The van der Waals surface area contributed by atoms with Gasteiger partial charge in [-0.15, -0.1) is 5.10 Å². The van der Waals surface area contributed by atoms with Gasteiger partial charge >= 0.3 is 5.69 Å². The van der Waals surface area contributed by atoms with Crippen LogP contribution in [0.2, 0.25) is 0 Å². The van der Waals surface area contributed by atoms with Gasteiger partial charge in [0, 0.05) is 6.54 Å². The summed E-state index contributed by atoms with van der Waals surface area (Å²) in [6.07, 6.45) is 0. The first kappa shape index (κ1) is 14.5. The van der Waals surface area contributed by atoms with E-state index in [9.17, 15) is 14.4 Å². The van der Waals surface area contributed by atoms with Gasteiger partial charge in [-0.25, -0.2) is 9.89 Å². The molecule has 1 unspecified atom stereocenters. The van der Waals surface area contributed by atoms with Gasteiger partial charge in [0.05, 0.1) is 0 Å². The van der Waals surface area contributed by atoms with E-state index in [0.717, 1.165) is 5.56 Å². The molecule has 0 saturated heterocycles. The van der Waals surface area contributed by atoms with Crippen LogP contribution in [0.25, 0.3) is 0 Å². The lowest BCUT2D eigenvalue weighted by Crippen LogP contribution is -2.39. The second kappa shape index (κ2) is 6.51. The molecule has 1 aromatic heterocycles. The van der Waals surface area contributed by atoms with E-state index in [1.54, 1.807) is 6.92 Å². The maximum absolute atomic E-state index is 11.9. The van der Waals surface area contributed by atoms with Crippen molar-refractivity contribution in [3.63, 3.8) is 0 Å². The zero-order valence-corrected chi connectivity index (χ0v) is 11.3. The molecule has 21 heavy (non-hydrogen) atoms. The van der Waals surface area contributed by atoms with Crippen LogP contribution in [0, 0.1) is 0 Å². The van der Waals surface area contributed by atoms with Crippen LogP contribution in [-0.2, 0) is 11.3 Å². The van der Waals surface area contributed by atoms with E-state index in [0.29, 0.717) is 6.54 Å². The average Bonchev–Trinajstić information content (AvgIpc) is 2.48. The standard InChI is InChI=1S/C13H15N5O3/c1-8(15-10-12(20)16-13(21)18-17-10)11(19)14-7-9-5-3-2-4-6-9/h2-6,8H,7H2,1H3,(H,14,19)(H,15,17)(H2,16,18,20,21). The van der Waals surface area contributed by atoms with Crippen molar-refractivity contribution in [3.05, 3.63) is 56.7 Å². The summed E-state index contributed by atoms with van der Waals surface area (Å²) in [6.45, 7) is 1.98. The first-order valence-corrected chi connectivity index (χ1v) is 6.33. The van der Waals surface area contributed by atoms with Gasteiger partial charge in [0.2, 0.25) is 11.7 Å². The maximum Gasteiger partial charge on any atom is 0.342 e. The van der Waals surface area contributed by atoms with E-state index in [4.69, 9.17) is 0 Å². The number of carbonyl (C=O) groups excluding carboxylic acids is 1. The molecule has 0 radical (unpaired) electrons. The monoisotopic (exact) mass is 289 g/mol. The minimum Gasteiger partial charge on any atom is -0.353 e. The molecule has 0 saturated carbocycles. The molecule has 0 aliphatic rings. The predicted octanol–water partition coefficient (Wildman–Crippen LogP) is -0.425. The van der Waals surface area contributed by atoms with E-state index in [1.165, 1.54) is 0 Å². The Balaban J connectivity index is 1.93. The third-order valence-electron chi connectivity index (χ3n) is 2.77. The number of hydrogen-bond donors (Lipinski definition) is 4. The average molecular weight is 289 g/mol. The maximum atomic E-state index is 11.9. The fourth-order valence-corrected chi connectivity index (χ4v) is 1.65. The summed E-state index contributed by atoms with van der Waals surface area (Å²) in [7, 11) is 0. The Hall–Kier alpha value is -2.90. The number of aromatic nitrogens is 3. The largest absolute Gasteiger partial charge is 0.353 e. The number of nitrogens with zero attached hydrogens (tertiary/aromatic N) is 1.